The average molecular weight is 196 g/mol. The monoisotopic (exact) mass is 196 g/mol. The molecular formula is C9H8OS2. The predicted octanol–water partition coefficient (Wildman–Crippen LogP) is 3.32. The number of rotatable bonds is 4. The predicted molar refractivity (Wildman–Crippen MR) is 55.6 cm³/mol. The lowest BCUT2D eigenvalue weighted by Gasteiger charge is -1.96. The van der Waals surface area contributed by atoms with Crippen molar-refractivity contribution in [2.45, 2.75) is 0 Å². The van der Waals surface area contributed by atoms with Crippen LogP contribution in [0.4, 0.5) is 0 Å². The molecular weight excluding hydrogens is 188 g/mol. The van der Waals surface area contributed by atoms with E-state index in [9.17, 15) is 4.79 Å². The first-order valence-corrected chi connectivity index (χ1v) is 5.06. The molecule has 0 atom stereocenters. The molecule has 0 amide bonds. The summed E-state index contributed by atoms with van der Waals surface area (Å²) in [6.45, 7) is 7.17. The van der Waals surface area contributed by atoms with E-state index < -0.39 is 0 Å². The summed E-state index contributed by atoms with van der Waals surface area (Å²) in [6.07, 6.45) is 0. The topological polar surface area (TPSA) is 17.1 Å². The summed E-state index contributed by atoms with van der Waals surface area (Å²) in [5.74, 6) is -0.00472. The molecule has 0 spiro atoms. The van der Waals surface area contributed by atoms with Crippen molar-refractivity contribution >= 4 is 28.9 Å². The fourth-order valence-electron chi connectivity index (χ4n) is 0.699. The molecule has 62 valence electrons. The molecule has 1 aromatic rings. The lowest BCUT2D eigenvalue weighted by atomic mass is 10.3. The van der Waals surface area contributed by atoms with E-state index in [1.54, 1.807) is 11.5 Å². The van der Waals surface area contributed by atoms with Gasteiger partial charge in [-0.1, -0.05) is 31.0 Å². The first kappa shape index (κ1) is 9.29. The number of hydrogen-bond acceptors (Lipinski definition) is 3. The van der Waals surface area contributed by atoms with Gasteiger partial charge in [-0.25, -0.2) is 0 Å². The van der Waals surface area contributed by atoms with Crippen LogP contribution in [0.15, 0.2) is 41.0 Å². The molecule has 0 saturated carbocycles. The van der Waals surface area contributed by atoms with Gasteiger partial charge >= 0.3 is 0 Å². The van der Waals surface area contributed by atoms with Crippen LogP contribution in [0.5, 0.6) is 0 Å². The average Bonchev–Trinajstić information content (AvgIpc) is 2.55. The molecule has 1 aromatic heterocycles. The van der Waals surface area contributed by atoms with Gasteiger partial charge in [0.25, 0.3) is 0 Å². The van der Waals surface area contributed by atoms with Crippen molar-refractivity contribution < 1.29 is 4.79 Å². The molecule has 0 aromatic carbocycles. The van der Waals surface area contributed by atoms with Crippen molar-refractivity contribution in [1.82, 2.24) is 0 Å². The van der Waals surface area contributed by atoms with Crippen molar-refractivity contribution in [1.29, 1.82) is 0 Å². The second-order valence-electron chi connectivity index (χ2n) is 2.01. The van der Waals surface area contributed by atoms with Gasteiger partial charge in [0.05, 0.1) is 9.78 Å². The van der Waals surface area contributed by atoms with Gasteiger partial charge in [-0.15, -0.1) is 11.3 Å². The van der Waals surface area contributed by atoms with Crippen LogP contribution in [0.3, 0.4) is 0 Å². The van der Waals surface area contributed by atoms with Crippen LogP contribution in [-0.2, 0) is 0 Å². The third-order valence-electron chi connectivity index (χ3n) is 1.22. The molecule has 3 heteroatoms. The van der Waals surface area contributed by atoms with Gasteiger partial charge in [0, 0.05) is 0 Å². The SMILES string of the molecule is C=CSC(=C)C(=O)c1cccs1. The summed E-state index contributed by atoms with van der Waals surface area (Å²) in [7, 11) is 0. The standard InChI is InChI=1S/C9H8OS2/c1-3-11-7(2)9(10)8-5-4-6-12-8/h3-6H,1-2H2. The van der Waals surface area contributed by atoms with E-state index in [1.807, 2.05) is 11.4 Å². The van der Waals surface area contributed by atoms with Crippen LogP contribution < -0.4 is 0 Å². The van der Waals surface area contributed by atoms with Gasteiger partial charge < -0.3 is 0 Å². The Morgan fingerprint density at radius 1 is 1.67 bits per heavy atom. The number of carbonyl (C=O) groups is 1. The minimum absolute atomic E-state index is 0.00472. The van der Waals surface area contributed by atoms with Gasteiger partial charge in [0.1, 0.15) is 0 Å². The normalized spacial score (nSPS) is 9.33. The van der Waals surface area contributed by atoms with Crippen LogP contribution in [0.2, 0.25) is 0 Å². The Labute approximate surface area is 79.8 Å². The van der Waals surface area contributed by atoms with Crippen LogP contribution >= 0.6 is 23.1 Å². The van der Waals surface area contributed by atoms with Gasteiger partial charge in [-0.05, 0) is 16.9 Å². The van der Waals surface area contributed by atoms with Gasteiger partial charge in [-0.2, -0.15) is 0 Å². The second kappa shape index (κ2) is 4.28. The summed E-state index contributed by atoms with van der Waals surface area (Å²) in [5.41, 5.74) is 0. The highest BCUT2D eigenvalue weighted by Gasteiger charge is 2.09. The number of carbonyl (C=O) groups excluding carboxylic acids is 1. The smallest absolute Gasteiger partial charge is 0.208 e. The Bertz CT molecular complexity index is 298. The molecule has 0 aliphatic rings. The van der Waals surface area contributed by atoms with E-state index in [2.05, 4.69) is 13.2 Å². The molecule has 0 aliphatic carbocycles. The van der Waals surface area contributed by atoms with E-state index in [0.717, 1.165) is 4.88 Å². The number of hydrogen-bond donors (Lipinski definition) is 0. The first-order chi connectivity index (χ1) is 5.75. The van der Waals surface area contributed by atoms with Crippen LogP contribution in [0, 0.1) is 0 Å². The number of thioether (sulfide) groups is 1. The van der Waals surface area contributed by atoms with Crippen LogP contribution in [0.25, 0.3) is 0 Å². The van der Waals surface area contributed by atoms with Crippen LogP contribution in [0.1, 0.15) is 9.67 Å². The molecule has 0 fully saturated rings. The Kier molecular flexibility index (Phi) is 3.31. The second-order valence-corrected chi connectivity index (χ2v) is 4.02. The van der Waals surface area contributed by atoms with Gasteiger partial charge in [-0.3, -0.25) is 4.79 Å². The molecule has 1 heterocycles. The molecule has 0 aliphatic heterocycles. The van der Waals surface area contributed by atoms with E-state index in [4.69, 9.17) is 0 Å². The molecule has 0 bridgehead atoms. The Morgan fingerprint density at radius 2 is 2.42 bits per heavy atom. The Hall–Kier alpha value is -0.800. The number of thiophene rings is 1. The quantitative estimate of drug-likeness (QED) is 0.543. The zero-order valence-electron chi connectivity index (χ0n) is 6.45. The largest absolute Gasteiger partial charge is 0.287 e. The maximum atomic E-state index is 11.4. The lowest BCUT2D eigenvalue weighted by molar-refractivity contribution is 0.104. The maximum absolute atomic E-state index is 11.4. The molecule has 0 saturated heterocycles. The van der Waals surface area contributed by atoms with E-state index in [-0.39, 0.29) is 5.78 Å². The summed E-state index contributed by atoms with van der Waals surface area (Å²) >= 11 is 2.69. The minimum Gasteiger partial charge on any atom is -0.287 e. The zero-order valence-corrected chi connectivity index (χ0v) is 8.08. The summed E-state index contributed by atoms with van der Waals surface area (Å²) < 4.78 is 0. The molecule has 1 nitrogen and oxygen atoms in total. The fourth-order valence-corrected chi connectivity index (χ4v) is 1.87. The van der Waals surface area contributed by atoms with Crippen molar-refractivity contribution in [2.75, 3.05) is 0 Å². The third-order valence-corrected chi connectivity index (χ3v) is 2.73. The zero-order chi connectivity index (χ0) is 8.97. The van der Waals surface area contributed by atoms with Crippen molar-refractivity contribution in [3.63, 3.8) is 0 Å². The molecule has 0 N–H and O–H groups in total. The molecule has 0 unspecified atom stereocenters. The highest BCUT2D eigenvalue weighted by atomic mass is 32.2. The maximum Gasteiger partial charge on any atom is 0.208 e. The van der Waals surface area contributed by atoms with Crippen molar-refractivity contribution in [3.8, 4) is 0 Å². The Morgan fingerprint density at radius 3 is 2.92 bits per heavy atom. The molecule has 1 rings (SSSR count). The molecule has 0 radical (unpaired) electrons. The van der Waals surface area contributed by atoms with E-state index in [1.165, 1.54) is 23.1 Å². The summed E-state index contributed by atoms with van der Waals surface area (Å²) in [4.78, 5) is 12.7. The van der Waals surface area contributed by atoms with Gasteiger partial charge in [0.2, 0.25) is 5.78 Å². The lowest BCUT2D eigenvalue weighted by Crippen LogP contribution is -1.94. The number of Topliss-reactive ketones (excluding diaryl/α,β-unsaturated/α-hetero) is 1. The molecule has 12 heavy (non-hydrogen) atoms. The highest BCUT2D eigenvalue weighted by Crippen LogP contribution is 2.21. The Balaban J connectivity index is 2.72. The summed E-state index contributed by atoms with van der Waals surface area (Å²) in [6, 6.07) is 3.64. The van der Waals surface area contributed by atoms with Crippen molar-refractivity contribution in [3.05, 3.63) is 45.9 Å². The highest BCUT2D eigenvalue weighted by molar-refractivity contribution is 8.06. The van der Waals surface area contributed by atoms with E-state index >= 15 is 0 Å². The minimum atomic E-state index is -0.00472. The summed E-state index contributed by atoms with van der Waals surface area (Å²) in [5, 5.41) is 3.48. The number of ketones is 1. The third kappa shape index (κ3) is 2.09. The fraction of sp³-hybridized carbons (Fsp3) is 0. The van der Waals surface area contributed by atoms with Gasteiger partial charge in [0.15, 0.2) is 0 Å². The van der Waals surface area contributed by atoms with Crippen molar-refractivity contribution in [2.24, 2.45) is 0 Å². The van der Waals surface area contributed by atoms with E-state index in [0.29, 0.717) is 4.91 Å². The first-order valence-electron chi connectivity index (χ1n) is 3.30. The van der Waals surface area contributed by atoms with Crippen LogP contribution in [-0.4, -0.2) is 5.78 Å². The number of allylic oxidation sites excluding steroid dienone is 1.